The van der Waals surface area contributed by atoms with E-state index in [0.29, 0.717) is 54.1 Å². The van der Waals surface area contributed by atoms with E-state index in [4.69, 9.17) is 4.74 Å². The van der Waals surface area contributed by atoms with Gasteiger partial charge in [-0.2, -0.15) is 0 Å². The average Bonchev–Trinajstić information content (AvgIpc) is 3.72. The second-order valence-corrected chi connectivity index (χ2v) is 10.4. The van der Waals surface area contributed by atoms with Gasteiger partial charge in [0, 0.05) is 30.5 Å². The molecule has 1 saturated carbocycles. The van der Waals surface area contributed by atoms with Crippen molar-refractivity contribution in [2.24, 2.45) is 5.92 Å². The van der Waals surface area contributed by atoms with Crippen molar-refractivity contribution in [3.8, 4) is 0 Å². The smallest absolute Gasteiger partial charge is 0.411 e. The summed E-state index contributed by atoms with van der Waals surface area (Å²) in [6, 6.07) is 13.6. The molecule has 2 aromatic carbocycles. The van der Waals surface area contributed by atoms with Crippen LogP contribution < -0.4 is 21.9 Å². The monoisotopic (exact) mass is 519 g/mol. The fourth-order valence-electron chi connectivity index (χ4n) is 4.92. The van der Waals surface area contributed by atoms with E-state index in [1.54, 1.807) is 39.8 Å². The highest BCUT2D eigenvalue weighted by molar-refractivity contribution is 5.92. The molecule has 2 N–H and O–H groups in total. The van der Waals surface area contributed by atoms with E-state index in [-0.39, 0.29) is 29.9 Å². The van der Waals surface area contributed by atoms with Crippen molar-refractivity contribution in [2.75, 3.05) is 23.7 Å². The maximum atomic E-state index is 13.3. The van der Waals surface area contributed by atoms with Crippen LogP contribution in [0.3, 0.4) is 0 Å². The molecule has 1 aliphatic carbocycles. The highest BCUT2D eigenvalue weighted by atomic mass is 16.6. The number of amides is 3. The summed E-state index contributed by atoms with van der Waals surface area (Å²) < 4.78 is 8.52. The van der Waals surface area contributed by atoms with E-state index in [2.05, 4.69) is 10.6 Å². The first-order valence-electron chi connectivity index (χ1n) is 13.2. The van der Waals surface area contributed by atoms with Gasteiger partial charge in [-0.3, -0.25) is 19.2 Å². The Morgan fingerprint density at radius 2 is 1.76 bits per heavy atom. The molecule has 5 rings (SSSR count). The molecule has 10 heteroatoms. The number of rotatable bonds is 6. The minimum Gasteiger partial charge on any atom is -0.444 e. The van der Waals surface area contributed by atoms with Gasteiger partial charge in [0.15, 0.2) is 0 Å². The molecule has 0 spiro atoms. The maximum Gasteiger partial charge on any atom is 0.411 e. The lowest BCUT2D eigenvalue weighted by Crippen LogP contribution is -2.46. The number of nitrogens with zero attached hydrogens (tertiary/aromatic N) is 3. The molecule has 2 heterocycles. The largest absolute Gasteiger partial charge is 0.444 e. The van der Waals surface area contributed by atoms with Gasteiger partial charge in [0.25, 0.3) is 5.56 Å². The van der Waals surface area contributed by atoms with Crippen LogP contribution in [0.4, 0.5) is 21.0 Å². The first kappa shape index (κ1) is 25.6. The van der Waals surface area contributed by atoms with Crippen LogP contribution in [0.5, 0.6) is 0 Å². The lowest BCUT2D eigenvalue weighted by molar-refractivity contribution is 0.0630. The standard InChI is InChI=1S/C28H33N5O5/c1-18(2)33-24-13-12-21(15-23(24)25(34)32(28(33)37)16-19-10-11-19)29-26(35)31-14-6-9-22(17-31)38-27(36)30-20-7-4-3-5-8-20/h3-5,7-8,12-13,15,18-19,22H,6,9-11,14,16-17H2,1-2H3,(H,29,35)(H,30,36). The summed E-state index contributed by atoms with van der Waals surface area (Å²) in [7, 11) is 0. The quantitative estimate of drug-likeness (QED) is 0.501. The van der Waals surface area contributed by atoms with E-state index in [9.17, 15) is 19.2 Å². The van der Waals surface area contributed by atoms with Crippen LogP contribution in [0, 0.1) is 5.92 Å². The molecule has 2 aliphatic rings. The zero-order valence-corrected chi connectivity index (χ0v) is 21.7. The summed E-state index contributed by atoms with van der Waals surface area (Å²) in [6.45, 7) is 5.04. The molecule has 10 nitrogen and oxygen atoms in total. The molecular formula is C28H33N5O5. The third-order valence-electron chi connectivity index (χ3n) is 7.03. The Kier molecular flexibility index (Phi) is 7.22. The van der Waals surface area contributed by atoms with Gasteiger partial charge in [-0.05, 0) is 75.8 Å². The average molecular weight is 520 g/mol. The lowest BCUT2D eigenvalue weighted by atomic mass is 10.1. The zero-order valence-electron chi connectivity index (χ0n) is 21.7. The molecule has 1 saturated heterocycles. The van der Waals surface area contributed by atoms with Crippen molar-refractivity contribution >= 4 is 34.4 Å². The minimum absolute atomic E-state index is 0.124. The third kappa shape index (κ3) is 5.58. The van der Waals surface area contributed by atoms with Crippen LogP contribution in [0.1, 0.15) is 45.6 Å². The SMILES string of the molecule is CC(C)n1c(=O)n(CC2CC2)c(=O)c2cc(NC(=O)N3CCCC(OC(=O)Nc4ccccc4)C3)ccc21. The summed E-state index contributed by atoms with van der Waals surface area (Å²) in [4.78, 5) is 53.4. The van der Waals surface area contributed by atoms with E-state index < -0.39 is 12.2 Å². The third-order valence-corrected chi connectivity index (χ3v) is 7.03. The first-order chi connectivity index (χ1) is 18.3. The van der Waals surface area contributed by atoms with E-state index >= 15 is 0 Å². The van der Waals surface area contributed by atoms with Crippen LogP contribution in [-0.4, -0.2) is 45.4 Å². The van der Waals surface area contributed by atoms with Gasteiger partial charge in [-0.15, -0.1) is 0 Å². The van der Waals surface area contributed by atoms with Crippen LogP contribution in [0.25, 0.3) is 10.9 Å². The molecule has 2 fully saturated rings. The number of anilines is 2. The molecule has 1 unspecified atom stereocenters. The Bertz CT molecular complexity index is 1460. The van der Waals surface area contributed by atoms with Gasteiger partial charge in [0.2, 0.25) is 0 Å². The number of aromatic nitrogens is 2. The summed E-state index contributed by atoms with van der Waals surface area (Å²) in [5.74, 6) is 0.366. The number of likely N-dealkylation sites (tertiary alicyclic amines) is 1. The van der Waals surface area contributed by atoms with E-state index in [1.807, 2.05) is 32.0 Å². The number of piperidine rings is 1. The zero-order chi connectivity index (χ0) is 26.8. The number of fused-ring (bicyclic) bond motifs is 1. The van der Waals surface area contributed by atoms with Crippen LogP contribution >= 0.6 is 0 Å². The fourth-order valence-corrected chi connectivity index (χ4v) is 4.92. The molecule has 0 radical (unpaired) electrons. The van der Waals surface area contributed by atoms with Crippen molar-refractivity contribution in [3.05, 3.63) is 69.4 Å². The van der Waals surface area contributed by atoms with Gasteiger partial charge < -0.3 is 15.0 Å². The van der Waals surface area contributed by atoms with Gasteiger partial charge in [0.05, 0.1) is 17.4 Å². The highest BCUT2D eigenvalue weighted by Gasteiger charge is 2.27. The molecule has 1 aliphatic heterocycles. The predicted molar refractivity (Wildman–Crippen MR) is 146 cm³/mol. The number of hydrogen-bond acceptors (Lipinski definition) is 5. The Labute approximate surface area is 220 Å². The Hall–Kier alpha value is -4.08. The van der Waals surface area contributed by atoms with Crippen LogP contribution in [0.15, 0.2) is 58.1 Å². The molecule has 1 aromatic heterocycles. The Morgan fingerprint density at radius 3 is 2.47 bits per heavy atom. The lowest BCUT2D eigenvalue weighted by Gasteiger charge is -2.32. The number of urea groups is 1. The number of hydrogen-bond donors (Lipinski definition) is 2. The molecule has 0 bridgehead atoms. The molecule has 1 atom stereocenters. The second kappa shape index (κ2) is 10.7. The van der Waals surface area contributed by atoms with Crippen LogP contribution in [-0.2, 0) is 11.3 Å². The number of para-hydroxylation sites is 1. The van der Waals surface area contributed by atoms with Crippen molar-refractivity contribution in [3.63, 3.8) is 0 Å². The van der Waals surface area contributed by atoms with Gasteiger partial charge in [-0.25, -0.2) is 14.4 Å². The van der Waals surface area contributed by atoms with Crippen molar-refractivity contribution in [1.29, 1.82) is 0 Å². The molecular weight excluding hydrogens is 486 g/mol. The van der Waals surface area contributed by atoms with Gasteiger partial charge >= 0.3 is 17.8 Å². The van der Waals surface area contributed by atoms with E-state index in [1.165, 1.54) is 4.57 Å². The molecule has 3 aromatic rings. The number of ether oxygens (including phenoxy) is 1. The molecule has 200 valence electrons. The van der Waals surface area contributed by atoms with Gasteiger partial charge in [0.1, 0.15) is 6.10 Å². The van der Waals surface area contributed by atoms with Crippen LogP contribution in [0.2, 0.25) is 0 Å². The Balaban J connectivity index is 1.30. The summed E-state index contributed by atoms with van der Waals surface area (Å²) in [6.07, 6.45) is 2.42. The van der Waals surface area contributed by atoms with Crippen molar-refractivity contribution in [2.45, 2.75) is 58.2 Å². The molecule has 3 amide bonds. The fraction of sp³-hybridized carbons (Fsp3) is 0.429. The summed E-state index contributed by atoms with van der Waals surface area (Å²) in [5.41, 5.74) is 1.03. The number of benzene rings is 2. The maximum absolute atomic E-state index is 13.3. The highest BCUT2D eigenvalue weighted by Crippen LogP contribution is 2.30. The normalized spacial score (nSPS) is 17.4. The van der Waals surface area contributed by atoms with Gasteiger partial charge in [-0.1, -0.05) is 18.2 Å². The number of carbonyl (C=O) groups excluding carboxylic acids is 2. The summed E-state index contributed by atoms with van der Waals surface area (Å²) >= 11 is 0. The topological polar surface area (TPSA) is 115 Å². The number of nitrogens with one attached hydrogen (secondary N) is 2. The number of carbonyl (C=O) groups is 2. The Morgan fingerprint density at radius 1 is 1.00 bits per heavy atom. The van der Waals surface area contributed by atoms with Crippen molar-refractivity contribution in [1.82, 2.24) is 14.0 Å². The first-order valence-corrected chi connectivity index (χ1v) is 13.2. The predicted octanol–water partition coefficient (Wildman–Crippen LogP) is 4.40. The van der Waals surface area contributed by atoms with Crippen molar-refractivity contribution < 1.29 is 14.3 Å². The minimum atomic E-state index is -0.559. The summed E-state index contributed by atoms with van der Waals surface area (Å²) in [5, 5.41) is 5.97. The second-order valence-electron chi connectivity index (χ2n) is 10.4. The molecule has 38 heavy (non-hydrogen) atoms. The van der Waals surface area contributed by atoms with E-state index in [0.717, 1.165) is 12.8 Å².